The molecule has 0 heterocycles. The summed E-state index contributed by atoms with van der Waals surface area (Å²) in [5.74, 6) is -1.12. The van der Waals surface area contributed by atoms with E-state index in [0.29, 0.717) is 17.3 Å². The number of anilines is 1. The molecule has 0 aliphatic carbocycles. The zero-order valence-electron chi connectivity index (χ0n) is 10.9. The van der Waals surface area contributed by atoms with E-state index < -0.39 is 11.7 Å². The van der Waals surface area contributed by atoms with Gasteiger partial charge in [-0.25, -0.2) is 4.39 Å². The smallest absolute Gasteiger partial charge is 0.258 e. The number of carbonyl (C=O) groups is 1. The minimum Gasteiger partial charge on any atom is -0.322 e. The maximum absolute atomic E-state index is 13.6. The summed E-state index contributed by atoms with van der Waals surface area (Å²) in [6.07, 6.45) is 0. The number of nitrogens with one attached hydrogen (secondary N) is 2. The summed E-state index contributed by atoms with van der Waals surface area (Å²) < 4.78 is 13.6. The Bertz CT molecular complexity index is 631. The number of hydrogen-bond donors (Lipinski definition) is 2. The lowest BCUT2D eigenvalue weighted by Crippen LogP contribution is -2.14. The van der Waals surface area contributed by atoms with Crippen molar-refractivity contribution in [2.75, 3.05) is 12.4 Å². The quantitative estimate of drug-likeness (QED) is 0.906. The van der Waals surface area contributed by atoms with Crippen LogP contribution in [0.1, 0.15) is 15.9 Å². The van der Waals surface area contributed by atoms with Crippen LogP contribution in [-0.2, 0) is 6.54 Å². The summed E-state index contributed by atoms with van der Waals surface area (Å²) >= 11 is 5.78. The van der Waals surface area contributed by atoms with Crippen molar-refractivity contribution in [3.63, 3.8) is 0 Å². The third-order valence-corrected chi connectivity index (χ3v) is 2.97. The molecule has 0 spiro atoms. The van der Waals surface area contributed by atoms with E-state index in [1.54, 1.807) is 6.07 Å². The molecule has 0 aliphatic heterocycles. The van der Waals surface area contributed by atoms with Gasteiger partial charge in [0.25, 0.3) is 5.91 Å². The van der Waals surface area contributed by atoms with Crippen LogP contribution in [0.4, 0.5) is 10.1 Å². The first-order chi connectivity index (χ1) is 9.60. The van der Waals surface area contributed by atoms with Gasteiger partial charge in [-0.05, 0) is 42.9 Å². The van der Waals surface area contributed by atoms with Crippen molar-refractivity contribution in [1.82, 2.24) is 5.32 Å². The van der Waals surface area contributed by atoms with Gasteiger partial charge in [0.1, 0.15) is 5.82 Å². The van der Waals surface area contributed by atoms with Crippen molar-refractivity contribution in [2.24, 2.45) is 0 Å². The Balaban J connectivity index is 2.19. The highest BCUT2D eigenvalue weighted by molar-refractivity contribution is 6.31. The van der Waals surface area contributed by atoms with Gasteiger partial charge in [-0.2, -0.15) is 0 Å². The Labute approximate surface area is 121 Å². The highest BCUT2D eigenvalue weighted by atomic mass is 35.5. The van der Waals surface area contributed by atoms with Crippen molar-refractivity contribution in [1.29, 1.82) is 0 Å². The van der Waals surface area contributed by atoms with Gasteiger partial charge in [0.05, 0.1) is 5.56 Å². The highest BCUT2D eigenvalue weighted by Crippen LogP contribution is 2.17. The Kier molecular flexibility index (Phi) is 4.71. The van der Waals surface area contributed by atoms with Gasteiger partial charge in [0.2, 0.25) is 0 Å². The Morgan fingerprint density at radius 3 is 2.80 bits per heavy atom. The Hall–Kier alpha value is -1.91. The van der Waals surface area contributed by atoms with Crippen LogP contribution in [0.2, 0.25) is 5.02 Å². The van der Waals surface area contributed by atoms with Gasteiger partial charge in [-0.3, -0.25) is 4.79 Å². The number of hydrogen-bond acceptors (Lipinski definition) is 2. The molecule has 0 aliphatic rings. The largest absolute Gasteiger partial charge is 0.322 e. The van der Waals surface area contributed by atoms with Gasteiger partial charge in [0, 0.05) is 17.3 Å². The van der Waals surface area contributed by atoms with Crippen LogP contribution in [0.15, 0.2) is 42.5 Å². The fourth-order valence-corrected chi connectivity index (χ4v) is 2.01. The maximum atomic E-state index is 13.6. The fourth-order valence-electron chi connectivity index (χ4n) is 1.83. The van der Waals surface area contributed by atoms with Crippen LogP contribution < -0.4 is 10.6 Å². The van der Waals surface area contributed by atoms with Gasteiger partial charge in [0.15, 0.2) is 0 Å². The fraction of sp³-hybridized carbons (Fsp3) is 0.133. The molecule has 3 nitrogen and oxygen atoms in total. The zero-order chi connectivity index (χ0) is 14.5. The van der Waals surface area contributed by atoms with Crippen LogP contribution in [-0.4, -0.2) is 13.0 Å². The standard InChI is InChI=1S/C15H14ClFN2O/c1-18-9-10-3-2-4-12(7-10)19-15(20)13-8-11(16)5-6-14(13)17/h2-8,18H,9H2,1H3,(H,19,20). The van der Waals surface area contributed by atoms with E-state index in [0.717, 1.165) is 5.56 Å². The molecule has 0 saturated carbocycles. The first-order valence-electron chi connectivity index (χ1n) is 6.10. The summed E-state index contributed by atoms with van der Waals surface area (Å²) in [7, 11) is 1.84. The topological polar surface area (TPSA) is 41.1 Å². The number of rotatable bonds is 4. The highest BCUT2D eigenvalue weighted by Gasteiger charge is 2.12. The van der Waals surface area contributed by atoms with E-state index in [1.807, 2.05) is 25.2 Å². The number of carbonyl (C=O) groups excluding carboxylic acids is 1. The summed E-state index contributed by atoms with van der Waals surface area (Å²) in [6, 6.07) is 11.2. The van der Waals surface area contributed by atoms with Crippen LogP contribution in [0.25, 0.3) is 0 Å². The van der Waals surface area contributed by atoms with Gasteiger partial charge >= 0.3 is 0 Å². The predicted octanol–water partition coefficient (Wildman–Crippen LogP) is 3.45. The molecular weight excluding hydrogens is 279 g/mol. The maximum Gasteiger partial charge on any atom is 0.258 e. The molecule has 2 rings (SSSR count). The Morgan fingerprint density at radius 1 is 1.25 bits per heavy atom. The summed E-state index contributed by atoms with van der Waals surface area (Å²) in [6.45, 7) is 0.690. The van der Waals surface area contributed by atoms with Crippen molar-refractivity contribution < 1.29 is 9.18 Å². The van der Waals surface area contributed by atoms with E-state index in [-0.39, 0.29) is 5.56 Å². The first-order valence-corrected chi connectivity index (χ1v) is 6.48. The van der Waals surface area contributed by atoms with Gasteiger partial charge in [-0.1, -0.05) is 23.7 Å². The second-order valence-electron chi connectivity index (χ2n) is 4.31. The number of amides is 1. The van der Waals surface area contributed by atoms with Crippen LogP contribution in [0.5, 0.6) is 0 Å². The van der Waals surface area contributed by atoms with Crippen molar-refractivity contribution in [2.45, 2.75) is 6.54 Å². The third kappa shape index (κ3) is 3.56. The molecule has 0 saturated heterocycles. The molecule has 20 heavy (non-hydrogen) atoms. The SMILES string of the molecule is CNCc1cccc(NC(=O)c2cc(Cl)ccc2F)c1. The zero-order valence-corrected chi connectivity index (χ0v) is 11.7. The third-order valence-electron chi connectivity index (χ3n) is 2.74. The van der Waals surface area contributed by atoms with E-state index in [2.05, 4.69) is 10.6 Å². The molecule has 104 valence electrons. The summed E-state index contributed by atoms with van der Waals surface area (Å²) in [5, 5.41) is 6.00. The lowest BCUT2D eigenvalue weighted by Gasteiger charge is -2.08. The predicted molar refractivity (Wildman–Crippen MR) is 78.6 cm³/mol. The Morgan fingerprint density at radius 2 is 2.05 bits per heavy atom. The van der Waals surface area contributed by atoms with Gasteiger partial charge in [-0.15, -0.1) is 0 Å². The van der Waals surface area contributed by atoms with E-state index >= 15 is 0 Å². The lowest BCUT2D eigenvalue weighted by molar-refractivity contribution is 0.102. The number of halogens is 2. The molecule has 5 heteroatoms. The molecule has 0 bridgehead atoms. The summed E-state index contributed by atoms with van der Waals surface area (Å²) in [4.78, 5) is 12.0. The van der Waals surface area contributed by atoms with Gasteiger partial charge < -0.3 is 10.6 Å². The van der Waals surface area contributed by atoms with E-state index in [4.69, 9.17) is 11.6 Å². The molecule has 0 unspecified atom stereocenters. The second kappa shape index (κ2) is 6.50. The van der Waals surface area contributed by atoms with Crippen molar-refractivity contribution in [3.05, 3.63) is 64.4 Å². The average molecular weight is 293 g/mol. The molecule has 0 aromatic heterocycles. The molecule has 2 N–H and O–H groups in total. The number of benzene rings is 2. The second-order valence-corrected chi connectivity index (χ2v) is 4.75. The van der Waals surface area contributed by atoms with E-state index in [1.165, 1.54) is 18.2 Å². The van der Waals surface area contributed by atoms with Crippen LogP contribution in [0, 0.1) is 5.82 Å². The normalized spacial score (nSPS) is 10.3. The molecule has 2 aromatic carbocycles. The van der Waals surface area contributed by atoms with Crippen molar-refractivity contribution in [3.8, 4) is 0 Å². The molecule has 1 amide bonds. The average Bonchev–Trinajstić information content (AvgIpc) is 2.42. The molecule has 0 fully saturated rings. The first kappa shape index (κ1) is 14.5. The van der Waals surface area contributed by atoms with Crippen molar-refractivity contribution >= 4 is 23.2 Å². The molecule has 2 aromatic rings. The summed E-state index contributed by atoms with van der Waals surface area (Å²) in [5.41, 5.74) is 1.57. The minimum atomic E-state index is -0.599. The molecular formula is C15H14ClFN2O. The van der Waals surface area contributed by atoms with Crippen LogP contribution >= 0.6 is 11.6 Å². The molecule has 0 atom stereocenters. The van der Waals surface area contributed by atoms with E-state index in [9.17, 15) is 9.18 Å². The lowest BCUT2D eigenvalue weighted by atomic mass is 10.1. The monoisotopic (exact) mass is 292 g/mol. The molecule has 0 radical (unpaired) electrons. The van der Waals surface area contributed by atoms with Crippen LogP contribution in [0.3, 0.4) is 0 Å². The minimum absolute atomic E-state index is 0.0727.